The summed E-state index contributed by atoms with van der Waals surface area (Å²) >= 11 is 0. The summed E-state index contributed by atoms with van der Waals surface area (Å²) in [6, 6.07) is 2.81. The summed E-state index contributed by atoms with van der Waals surface area (Å²) in [6.07, 6.45) is 6.65. The molecule has 25 heavy (non-hydrogen) atoms. The molecule has 1 aromatic heterocycles. The maximum absolute atomic E-state index is 13.1. The van der Waals surface area contributed by atoms with Gasteiger partial charge in [0.15, 0.2) is 0 Å². The minimum atomic E-state index is 0.178. The van der Waals surface area contributed by atoms with E-state index in [4.69, 9.17) is 0 Å². The van der Waals surface area contributed by atoms with Crippen LogP contribution in [0, 0.1) is 12.8 Å². The molecule has 1 amide bonds. The van der Waals surface area contributed by atoms with Crippen molar-refractivity contribution >= 4 is 5.91 Å². The smallest absolute Gasteiger partial charge is 0.227 e. The number of fused-ring (bicyclic) bond motifs is 1. The number of aromatic nitrogens is 1. The molecule has 5 nitrogen and oxygen atoms in total. The van der Waals surface area contributed by atoms with Gasteiger partial charge in [-0.3, -0.25) is 14.7 Å². The predicted molar refractivity (Wildman–Crippen MR) is 98.0 cm³/mol. The molecule has 0 radical (unpaired) electrons. The Morgan fingerprint density at radius 1 is 1.12 bits per heavy atom. The zero-order valence-corrected chi connectivity index (χ0v) is 15.6. The molecule has 2 fully saturated rings. The van der Waals surface area contributed by atoms with E-state index in [9.17, 15) is 4.79 Å². The van der Waals surface area contributed by atoms with Crippen LogP contribution in [0.1, 0.15) is 42.5 Å². The van der Waals surface area contributed by atoms with Crippen molar-refractivity contribution in [3.63, 3.8) is 0 Å². The van der Waals surface area contributed by atoms with E-state index < -0.39 is 0 Å². The first kappa shape index (κ1) is 17.0. The van der Waals surface area contributed by atoms with Gasteiger partial charge in [0.2, 0.25) is 5.91 Å². The van der Waals surface area contributed by atoms with E-state index in [1.54, 1.807) is 0 Å². The Morgan fingerprint density at radius 2 is 1.88 bits per heavy atom. The van der Waals surface area contributed by atoms with Gasteiger partial charge in [0, 0.05) is 37.6 Å². The summed E-state index contributed by atoms with van der Waals surface area (Å²) in [5.41, 5.74) is 3.55. The lowest BCUT2D eigenvalue weighted by atomic mass is 9.93. The van der Waals surface area contributed by atoms with Gasteiger partial charge in [-0.25, -0.2) is 0 Å². The number of piperidine rings is 2. The van der Waals surface area contributed by atoms with Crippen LogP contribution in [-0.2, 0) is 17.9 Å². The number of aryl methyl sites for hydroxylation is 1. The van der Waals surface area contributed by atoms with E-state index >= 15 is 0 Å². The Morgan fingerprint density at radius 3 is 2.68 bits per heavy atom. The standard InChI is InChI=1S/C20H30N4O/c1-15-10-17-13-24(14-18(17)11-21-15)20(25)16-4-3-7-23(12-16)19-5-8-22(2)9-6-19/h10-11,16,19H,3-9,12-14H2,1-2H3. The maximum atomic E-state index is 13.1. The highest BCUT2D eigenvalue weighted by molar-refractivity contribution is 5.80. The summed E-state index contributed by atoms with van der Waals surface area (Å²) in [5, 5.41) is 0. The van der Waals surface area contributed by atoms with Crippen molar-refractivity contribution in [2.45, 2.75) is 51.7 Å². The van der Waals surface area contributed by atoms with Crippen LogP contribution in [0.4, 0.5) is 0 Å². The SMILES string of the molecule is Cc1cc2c(cn1)CN(C(=O)C1CCCN(C3CCN(C)CC3)C1)C2. The Labute approximate surface area is 151 Å². The van der Waals surface area contributed by atoms with Crippen molar-refractivity contribution in [2.75, 3.05) is 33.2 Å². The zero-order valence-electron chi connectivity index (χ0n) is 15.6. The highest BCUT2D eigenvalue weighted by Gasteiger charge is 2.34. The van der Waals surface area contributed by atoms with Gasteiger partial charge in [-0.15, -0.1) is 0 Å². The molecule has 136 valence electrons. The fraction of sp³-hybridized carbons (Fsp3) is 0.700. The highest BCUT2D eigenvalue weighted by Crippen LogP contribution is 2.28. The van der Waals surface area contributed by atoms with Crippen LogP contribution in [0.15, 0.2) is 12.3 Å². The van der Waals surface area contributed by atoms with Gasteiger partial charge in [-0.05, 0) is 76.5 Å². The average molecular weight is 342 g/mol. The minimum absolute atomic E-state index is 0.178. The third-order valence-electron chi connectivity index (χ3n) is 6.26. The van der Waals surface area contributed by atoms with Crippen LogP contribution in [-0.4, -0.2) is 64.9 Å². The third-order valence-corrected chi connectivity index (χ3v) is 6.26. The molecule has 1 unspecified atom stereocenters. The predicted octanol–water partition coefficient (Wildman–Crippen LogP) is 2.04. The van der Waals surface area contributed by atoms with Crippen LogP contribution in [0.2, 0.25) is 0 Å². The number of likely N-dealkylation sites (tertiary alicyclic amines) is 2. The first-order valence-corrected chi connectivity index (χ1v) is 9.76. The third kappa shape index (κ3) is 3.58. The maximum Gasteiger partial charge on any atom is 0.227 e. The van der Waals surface area contributed by atoms with Crippen LogP contribution in [0.5, 0.6) is 0 Å². The Balaban J connectivity index is 1.38. The van der Waals surface area contributed by atoms with Gasteiger partial charge in [0.1, 0.15) is 0 Å². The fourth-order valence-electron chi connectivity index (χ4n) is 4.72. The van der Waals surface area contributed by atoms with Crippen molar-refractivity contribution in [2.24, 2.45) is 5.92 Å². The van der Waals surface area contributed by atoms with Gasteiger partial charge in [-0.2, -0.15) is 0 Å². The van der Waals surface area contributed by atoms with Crippen molar-refractivity contribution in [1.29, 1.82) is 0 Å². The first-order valence-electron chi connectivity index (χ1n) is 9.76. The molecule has 2 saturated heterocycles. The fourth-order valence-corrected chi connectivity index (χ4v) is 4.72. The molecule has 4 heterocycles. The van der Waals surface area contributed by atoms with Crippen LogP contribution in [0.25, 0.3) is 0 Å². The summed E-state index contributed by atoms with van der Waals surface area (Å²) in [7, 11) is 2.21. The van der Waals surface area contributed by atoms with E-state index in [1.807, 2.05) is 13.1 Å². The normalized spacial score (nSPS) is 26.0. The van der Waals surface area contributed by atoms with Gasteiger partial charge in [0.25, 0.3) is 0 Å². The summed E-state index contributed by atoms with van der Waals surface area (Å²) in [4.78, 5) is 24.6. The number of carbonyl (C=O) groups is 1. The monoisotopic (exact) mass is 342 g/mol. The van der Waals surface area contributed by atoms with Crippen LogP contribution >= 0.6 is 0 Å². The van der Waals surface area contributed by atoms with E-state index in [1.165, 1.54) is 43.6 Å². The van der Waals surface area contributed by atoms with E-state index in [-0.39, 0.29) is 5.92 Å². The number of hydrogen-bond acceptors (Lipinski definition) is 4. The summed E-state index contributed by atoms with van der Waals surface area (Å²) in [6.45, 7) is 8.03. The Kier molecular flexibility index (Phi) is 4.78. The molecular weight excluding hydrogens is 312 g/mol. The van der Waals surface area contributed by atoms with Crippen molar-refractivity contribution in [3.8, 4) is 0 Å². The largest absolute Gasteiger partial charge is 0.334 e. The quantitative estimate of drug-likeness (QED) is 0.825. The molecule has 3 aliphatic heterocycles. The zero-order chi connectivity index (χ0) is 17.4. The van der Waals surface area contributed by atoms with Crippen molar-refractivity contribution in [3.05, 3.63) is 29.1 Å². The summed E-state index contributed by atoms with van der Waals surface area (Å²) < 4.78 is 0. The molecule has 0 N–H and O–H groups in total. The summed E-state index contributed by atoms with van der Waals surface area (Å²) in [5.74, 6) is 0.531. The topological polar surface area (TPSA) is 39.7 Å². The number of rotatable bonds is 2. The highest BCUT2D eigenvalue weighted by atomic mass is 16.2. The van der Waals surface area contributed by atoms with E-state index in [0.29, 0.717) is 11.9 Å². The molecule has 4 rings (SSSR count). The van der Waals surface area contributed by atoms with Gasteiger partial charge >= 0.3 is 0 Å². The number of nitrogens with zero attached hydrogens (tertiary/aromatic N) is 4. The Bertz CT molecular complexity index is 639. The van der Waals surface area contributed by atoms with Crippen LogP contribution in [0.3, 0.4) is 0 Å². The first-order chi connectivity index (χ1) is 12.1. The van der Waals surface area contributed by atoms with E-state index in [2.05, 4.69) is 32.8 Å². The molecule has 0 aliphatic carbocycles. The lowest BCUT2D eigenvalue weighted by Crippen LogP contribution is -2.50. The molecule has 0 aromatic carbocycles. The van der Waals surface area contributed by atoms with Crippen LogP contribution < -0.4 is 0 Å². The number of carbonyl (C=O) groups excluding carboxylic acids is 1. The molecule has 0 saturated carbocycles. The molecule has 1 atom stereocenters. The molecular formula is C20H30N4O. The Hall–Kier alpha value is -1.46. The minimum Gasteiger partial charge on any atom is -0.334 e. The second-order valence-electron chi connectivity index (χ2n) is 8.16. The number of amides is 1. The van der Waals surface area contributed by atoms with Gasteiger partial charge < -0.3 is 9.80 Å². The number of pyridine rings is 1. The molecule has 1 aromatic rings. The number of hydrogen-bond donors (Lipinski definition) is 0. The molecule has 0 spiro atoms. The second kappa shape index (κ2) is 7.04. The van der Waals surface area contributed by atoms with Gasteiger partial charge in [-0.1, -0.05) is 0 Å². The van der Waals surface area contributed by atoms with Crippen molar-refractivity contribution < 1.29 is 4.79 Å². The lowest BCUT2D eigenvalue weighted by Gasteiger charge is -2.41. The average Bonchev–Trinajstić information content (AvgIpc) is 3.05. The van der Waals surface area contributed by atoms with E-state index in [0.717, 1.165) is 38.2 Å². The molecule has 0 bridgehead atoms. The lowest BCUT2D eigenvalue weighted by molar-refractivity contribution is -0.138. The molecule has 5 heteroatoms. The molecule has 3 aliphatic rings. The van der Waals surface area contributed by atoms with Crippen molar-refractivity contribution in [1.82, 2.24) is 19.7 Å². The second-order valence-corrected chi connectivity index (χ2v) is 8.16. The van der Waals surface area contributed by atoms with Gasteiger partial charge in [0.05, 0.1) is 5.92 Å².